The molecular weight excluding hydrogens is 296 g/mol. The summed E-state index contributed by atoms with van der Waals surface area (Å²) < 4.78 is 5.39. The number of carbonyl (C=O) groups is 1. The molecular formula is C22H28O2. The van der Waals surface area contributed by atoms with Gasteiger partial charge >= 0.3 is 5.97 Å². The second kappa shape index (κ2) is 9.92. The van der Waals surface area contributed by atoms with Gasteiger partial charge in [0.25, 0.3) is 0 Å². The van der Waals surface area contributed by atoms with Gasteiger partial charge in [-0.05, 0) is 48.6 Å². The van der Waals surface area contributed by atoms with Crippen molar-refractivity contribution in [1.29, 1.82) is 0 Å². The molecule has 0 N–H and O–H groups in total. The van der Waals surface area contributed by atoms with Crippen LogP contribution in [0, 0.1) is 0 Å². The topological polar surface area (TPSA) is 26.3 Å². The van der Waals surface area contributed by atoms with Crippen LogP contribution in [0.5, 0.6) is 5.75 Å². The highest BCUT2D eigenvalue weighted by Crippen LogP contribution is 2.27. The lowest BCUT2D eigenvalue weighted by Gasteiger charge is -2.17. The van der Waals surface area contributed by atoms with E-state index in [1.165, 1.54) is 44.1 Å². The first-order valence-electron chi connectivity index (χ1n) is 9.11. The van der Waals surface area contributed by atoms with Crippen molar-refractivity contribution in [2.75, 3.05) is 0 Å². The predicted octanol–water partition coefficient (Wildman–Crippen LogP) is 6.37. The smallest absolute Gasteiger partial charge is 0.343 e. The summed E-state index contributed by atoms with van der Waals surface area (Å²) in [6, 6.07) is 17.2. The van der Waals surface area contributed by atoms with Crippen LogP contribution in [0.15, 0.2) is 54.6 Å². The fourth-order valence-electron chi connectivity index (χ4n) is 3.01. The SMILES string of the molecule is CCCCCC(CCC)c1ccc(C(=O)Oc2ccccc2)cc1. The zero-order valence-electron chi connectivity index (χ0n) is 14.8. The Morgan fingerprint density at radius 1 is 0.875 bits per heavy atom. The number of rotatable bonds is 9. The van der Waals surface area contributed by atoms with Gasteiger partial charge in [-0.1, -0.05) is 69.9 Å². The van der Waals surface area contributed by atoms with Crippen molar-refractivity contribution in [3.63, 3.8) is 0 Å². The Labute approximate surface area is 145 Å². The Bertz CT molecular complexity index is 602. The van der Waals surface area contributed by atoms with Crippen molar-refractivity contribution in [2.24, 2.45) is 0 Å². The van der Waals surface area contributed by atoms with E-state index < -0.39 is 0 Å². The highest BCUT2D eigenvalue weighted by Gasteiger charge is 2.13. The summed E-state index contributed by atoms with van der Waals surface area (Å²) >= 11 is 0. The molecule has 2 rings (SSSR count). The Hall–Kier alpha value is -2.09. The van der Waals surface area contributed by atoms with Crippen LogP contribution >= 0.6 is 0 Å². The monoisotopic (exact) mass is 324 g/mol. The van der Waals surface area contributed by atoms with E-state index in [4.69, 9.17) is 4.74 Å². The van der Waals surface area contributed by atoms with Crippen molar-refractivity contribution in [3.05, 3.63) is 65.7 Å². The summed E-state index contributed by atoms with van der Waals surface area (Å²) in [5.74, 6) is 0.876. The number of ether oxygens (including phenoxy) is 1. The minimum atomic E-state index is -0.300. The fourth-order valence-corrected chi connectivity index (χ4v) is 3.01. The molecule has 0 heterocycles. The molecule has 128 valence electrons. The van der Waals surface area contributed by atoms with E-state index in [9.17, 15) is 4.79 Å². The molecule has 0 fully saturated rings. The van der Waals surface area contributed by atoms with Gasteiger partial charge in [0.2, 0.25) is 0 Å². The molecule has 0 saturated heterocycles. The van der Waals surface area contributed by atoms with Crippen LogP contribution < -0.4 is 4.74 Å². The summed E-state index contributed by atoms with van der Waals surface area (Å²) in [5.41, 5.74) is 1.94. The van der Waals surface area contributed by atoms with Crippen LogP contribution in [-0.4, -0.2) is 5.97 Å². The first-order valence-corrected chi connectivity index (χ1v) is 9.11. The number of hydrogen-bond acceptors (Lipinski definition) is 2. The Morgan fingerprint density at radius 3 is 2.21 bits per heavy atom. The van der Waals surface area contributed by atoms with E-state index in [0.717, 1.165) is 0 Å². The van der Waals surface area contributed by atoms with Gasteiger partial charge in [-0.3, -0.25) is 0 Å². The van der Waals surface area contributed by atoms with Gasteiger partial charge in [0, 0.05) is 0 Å². The van der Waals surface area contributed by atoms with Gasteiger partial charge in [-0.25, -0.2) is 4.79 Å². The molecule has 0 aliphatic heterocycles. The normalized spacial score (nSPS) is 11.9. The zero-order valence-corrected chi connectivity index (χ0v) is 14.8. The molecule has 2 heteroatoms. The molecule has 24 heavy (non-hydrogen) atoms. The quantitative estimate of drug-likeness (QED) is 0.304. The maximum atomic E-state index is 12.2. The fraction of sp³-hybridized carbons (Fsp3) is 0.409. The van der Waals surface area contributed by atoms with E-state index in [1.54, 1.807) is 12.1 Å². The van der Waals surface area contributed by atoms with Crippen LogP contribution in [-0.2, 0) is 0 Å². The second-order valence-corrected chi connectivity index (χ2v) is 6.31. The summed E-state index contributed by atoms with van der Waals surface area (Å²) in [4.78, 5) is 12.2. The van der Waals surface area contributed by atoms with Gasteiger partial charge < -0.3 is 4.74 Å². The van der Waals surface area contributed by atoms with Gasteiger partial charge in [0.05, 0.1) is 5.56 Å². The molecule has 0 radical (unpaired) electrons. The zero-order chi connectivity index (χ0) is 17.2. The van der Waals surface area contributed by atoms with Gasteiger partial charge in [-0.15, -0.1) is 0 Å². The number of hydrogen-bond donors (Lipinski definition) is 0. The molecule has 1 atom stereocenters. The van der Waals surface area contributed by atoms with Crippen LogP contribution in [0.25, 0.3) is 0 Å². The molecule has 0 aromatic heterocycles. The summed E-state index contributed by atoms with van der Waals surface area (Å²) in [6.07, 6.45) is 7.45. The van der Waals surface area contributed by atoms with Gasteiger partial charge in [0.1, 0.15) is 5.75 Å². The molecule has 0 amide bonds. The lowest BCUT2D eigenvalue weighted by atomic mass is 9.89. The number of esters is 1. The van der Waals surface area contributed by atoms with Crippen molar-refractivity contribution >= 4 is 5.97 Å². The second-order valence-electron chi connectivity index (χ2n) is 6.31. The minimum Gasteiger partial charge on any atom is -0.423 e. The molecule has 0 aliphatic rings. The first-order chi connectivity index (χ1) is 11.7. The third-order valence-electron chi connectivity index (χ3n) is 4.36. The minimum absolute atomic E-state index is 0.300. The largest absolute Gasteiger partial charge is 0.423 e. The van der Waals surface area contributed by atoms with E-state index in [0.29, 0.717) is 17.2 Å². The lowest BCUT2D eigenvalue weighted by molar-refractivity contribution is 0.0734. The molecule has 2 aromatic carbocycles. The summed E-state index contributed by atoms with van der Waals surface area (Å²) in [6.45, 7) is 4.47. The van der Waals surface area contributed by atoms with Gasteiger partial charge in [0.15, 0.2) is 0 Å². The lowest BCUT2D eigenvalue weighted by Crippen LogP contribution is -2.08. The Kier molecular flexibility index (Phi) is 7.54. The number of carbonyl (C=O) groups excluding carboxylic acids is 1. The van der Waals surface area contributed by atoms with Crippen LogP contribution in [0.2, 0.25) is 0 Å². The number of para-hydroxylation sites is 1. The van der Waals surface area contributed by atoms with Crippen molar-refractivity contribution in [1.82, 2.24) is 0 Å². The average Bonchev–Trinajstić information content (AvgIpc) is 2.62. The van der Waals surface area contributed by atoms with E-state index >= 15 is 0 Å². The van der Waals surface area contributed by atoms with E-state index in [1.807, 2.05) is 30.3 Å². The molecule has 0 spiro atoms. The van der Waals surface area contributed by atoms with Crippen LogP contribution in [0.1, 0.15) is 74.2 Å². The van der Waals surface area contributed by atoms with Crippen molar-refractivity contribution < 1.29 is 9.53 Å². The van der Waals surface area contributed by atoms with E-state index in [-0.39, 0.29) is 5.97 Å². The molecule has 2 aromatic rings. The molecule has 0 aliphatic carbocycles. The maximum Gasteiger partial charge on any atom is 0.343 e. The third-order valence-corrected chi connectivity index (χ3v) is 4.36. The molecule has 1 unspecified atom stereocenters. The van der Waals surface area contributed by atoms with Crippen LogP contribution in [0.3, 0.4) is 0 Å². The van der Waals surface area contributed by atoms with Gasteiger partial charge in [-0.2, -0.15) is 0 Å². The highest BCUT2D eigenvalue weighted by atomic mass is 16.5. The van der Waals surface area contributed by atoms with Crippen LogP contribution in [0.4, 0.5) is 0 Å². The summed E-state index contributed by atoms with van der Waals surface area (Å²) in [7, 11) is 0. The molecule has 0 saturated carbocycles. The van der Waals surface area contributed by atoms with E-state index in [2.05, 4.69) is 26.0 Å². The highest BCUT2D eigenvalue weighted by molar-refractivity contribution is 5.91. The summed E-state index contributed by atoms with van der Waals surface area (Å²) in [5, 5.41) is 0. The number of unbranched alkanes of at least 4 members (excludes halogenated alkanes) is 2. The predicted molar refractivity (Wildman–Crippen MR) is 99.6 cm³/mol. The van der Waals surface area contributed by atoms with Crippen molar-refractivity contribution in [2.45, 2.75) is 58.3 Å². The maximum absolute atomic E-state index is 12.2. The Balaban J connectivity index is 2.00. The standard InChI is InChI=1S/C22H28O2/c1-3-5-7-11-18(10-4-2)19-14-16-20(17-15-19)22(23)24-21-12-8-6-9-13-21/h6,8-9,12-18H,3-5,7,10-11H2,1-2H3. The van der Waals surface area contributed by atoms with Crippen molar-refractivity contribution in [3.8, 4) is 5.75 Å². The molecule has 0 bridgehead atoms. The first kappa shape index (κ1) is 18.3. The third kappa shape index (κ3) is 5.52. The Morgan fingerprint density at radius 2 is 1.58 bits per heavy atom. The molecule has 2 nitrogen and oxygen atoms in total. The average molecular weight is 324 g/mol. The number of benzene rings is 2.